The smallest absolute Gasteiger partial charge is 0.354 e. The molecule has 3 aromatic carbocycles. The quantitative estimate of drug-likeness (QED) is 0.583. The topological polar surface area (TPSA) is 29.1 Å². The summed E-state index contributed by atoms with van der Waals surface area (Å²) in [6, 6.07) is 18.9. The lowest BCUT2D eigenvalue weighted by Gasteiger charge is -2.16. The van der Waals surface area contributed by atoms with Gasteiger partial charge in [-0.05, 0) is 36.8 Å². The van der Waals surface area contributed by atoms with Crippen molar-refractivity contribution in [2.45, 2.75) is 13.1 Å². The predicted molar refractivity (Wildman–Crippen MR) is 95.8 cm³/mol. The van der Waals surface area contributed by atoms with Gasteiger partial charge in [-0.25, -0.2) is 0 Å². The van der Waals surface area contributed by atoms with E-state index in [0.717, 1.165) is 11.6 Å². The number of carbonyl (C=O) groups excluding carboxylic acids is 1. The molecule has 5 heteroatoms. The number of benzene rings is 3. The molecule has 0 radical (unpaired) electrons. The first-order valence-electron chi connectivity index (χ1n) is 8.00. The Labute approximate surface area is 149 Å². The average molecular weight is 355 g/mol. The summed E-state index contributed by atoms with van der Waals surface area (Å²) >= 11 is 0. The number of hydrogen-bond acceptors (Lipinski definition) is 2. The summed E-state index contributed by atoms with van der Waals surface area (Å²) in [5, 5.41) is 2.78. The first-order chi connectivity index (χ1) is 12.4. The summed E-state index contributed by atoms with van der Waals surface area (Å²) in [6.45, 7) is 1.82. The Bertz CT molecular complexity index is 948. The third-order valence-corrected chi connectivity index (χ3v) is 4.06. The molecule has 0 saturated heterocycles. The monoisotopic (exact) mass is 355 g/mol. The molecule has 0 aliphatic rings. The minimum Gasteiger partial charge on any atom is -0.354 e. The molecule has 0 saturated carbocycles. The van der Waals surface area contributed by atoms with Crippen molar-refractivity contribution in [3.05, 3.63) is 95.1 Å². The van der Waals surface area contributed by atoms with Gasteiger partial charge in [0.1, 0.15) is 0 Å². The van der Waals surface area contributed by atoms with Crippen molar-refractivity contribution >= 4 is 17.2 Å². The molecule has 0 aromatic heterocycles. The van der Waals surface area contributed by atoms with E-state index < -0.39 is 11.7 Å². The molecule has 0 bridgehead atoms. The number of carbonyl (C=O) groups is 1. The van der Waals surface area contributed by atoms with Gasteiger partial charge in [0.25, 0.3) is 0 Å². The van der Waals surface area contributed by atoms with Crippen molar-refractivity contribution in [1.29, 1.82) is 0 Å². The van der Waals surface area contributed by atoms with Crippen molar-refractivity contribution in [2.24, 2.45) is 0 Å². The fraction of sp³-hybridized carbons (Fsp3) is 0.0952. The molecule has 0 spiro atoms. The minimum atomic E-state index is -4.49. The van der Waals surface area contributed by atoms with Gasteiger partial charge in [0.15, 0.2) is 5.78 Å². The fourth-order valence-corrected chi connectivity index (χ4v) is 2.75. The van der Waals surface area contributed by atoms with Crippen LogP contribution in [0, 0.1) is 6.92 Å². The molecule has 3 aromatic rings. The van der Waals surface area contributed by atoms with Gasteiger partial charge in [-0.3, -0.25) is 4.79 Å². The van der Waals surface area contributed by atoms with E-state index >= 15 is 0 Å². The van der Waals surface area contributed by atoms with Crippen LogP contribution in [-0.4, -0.2) is 5.78 Å². The Morgan fingerprint density at radius 2 is 1.31 bits per heavy atom. The largest absolute Gasteiger partial charge is 0.418 e. The van der Waals surface area contributed by atoms with Crippen LogP contribution in [0.1, 0.15) is 27.0 Å². The maximum Gasteiger partial charge on any atom is 0.418 e. The maximum absolute atomic E-state index is 13.2. The summed E-state index contributed by atoms with van der Waals surface area (Å²) in [6.07, 6.45) is -4.49. The minimum absolute atomic E-state index is 0.0926. The standard InChI is InChI=1S/C21H16F3NO/c1-14-8-2-3-9-15(14)20(26)16-10-4-6-12-18(16)25-19-13-7-5-11-17(19)21(22,23)24/h2-13,25H,1H3. The summed E-state index contributed by atoms with van der Waals surface area (Å²) in [4.78, 5) is 12.9. The highest BCUT2D eigenvalue weighted by atomic mass is 19.4. The number of anilines is 2. The molecule has 132 valence electrons. The summed E-state index contributed by atoms with van der Waals surface area (Å²) in [5.41, 5.74) is 1.10. The van der Waals surface area contributed by atoms with E-state index in [-0.39, 0.29) is 11.5 Å². The summed E-state index contributed by atoms with van der Waals surface area (Å²) < 4.78 is 39.7. The SMILES string of the molecule is Cc1ccccc1C(=O)c1ccccc1Nc1ccccc1C(F)(F)F. The zero-order valence-electron chi connectivity index (χ0n) is 14.0. The number of alkyl halides is 3. The molecule has 0 amide bonds. The van der Waals surface area contributed by atoms with Crippen LogP contribution in [0.3, 0.4) is 0 Å². The molecular formula is C21H16F3NO. The van der Waals surface area contributed by atoms with Crippen LogP contribution in [0.4, 0.5) is 24.5 Å². The van der Waals surface area contributed by atoms with E-state index in [2.05, 4.69) is 5.32 Å². The third kappa shape index (κ3) is 3.61. The van der Waals surface area contributed by atoms with E-state index in [1.807, 2.05) is 19.1 Å². The lowest BCUT2D eigenvalue weighted by Crippen LogP contribution is -2.11. The number of hydrogen-bond donors (Lipinski definition) is 1. The van der Waals surface area contributed by atoms with Gasteiger partial charge in [0.2, 0.25) is 0 Å². The zero-order chi connectivity index (χ0) is 18.7. The van der Waals surface area contributed by atoms with Crippen molar-refractivity contribution in [1.82, 2.24) is 0 Å². The van der Waals surface area contributed by atoms with Crippen LogP contribution in [0.25, 0.3) is 0 Å². The van der Waals surface area contributed by atoms with Gasteiger partial charge in [-0.1, -0.05) is 48.5 Å². The van der Waals surface area contributed by atoms with Crippen LogP contribution < -0.4 is 5.32 Å². The van der Waals surface area contributed by atoms with Crippen LogP contribution >= 0.6 is 0 Å². The average Bonchev–Trinajstić information content (AvgIpc) is 2.62. The molecule has 0 atom stereocenters. The lowest BCUT2D eigenvalue weighted by molar-refractivity contribution is -0.136. The van der Waals surface area contributed by atoms with Gasteiger partial charge < -0.3 is 5.32 Å². The molecule has 0 aliphatic carbocycles. The Balaban J connectivity index is 2.02. The molecule has 0 fully saturated rings. The van der Waals surface area contributed by atoms with Crippen LogP contribution in [-0.2, 0) is 6.18 Å². The number of ketones is 1. The molecule has 3 rings (SSSR count). The number of nitrogens with one attached hydrogen (secondary N) is 1. The van der Waals surface area contributed by atoms with Crippen LogP contribution in [0.2, 0.25) is 0 Å². The zero-order valence-corrected chi connectivity index (χ0v) is 14.0. The number of para-hydroxylation sites is 2. The highest BCUT2D eigenvalue weighted by Gasteiger charge is 2.33. The van der Waals surface area contributed by atoms with Gasteiger partial charge in [-0.2, -0.15) is 13.2 Å². The lowest BCUT2D eigenvalue weighted by atomic mass is 9.97. The van der Waals surface area contributed by atoms with E-state index in [1.54, 1.807) is 36.4 Å². The molecule has 1 N–H and O–H groups in total. The van der Waals surface area contributed by atoms with Gasteiger partial charge in [-0.15, -0.1) is 0 Å². The molecule has 26 heavy (non-hydrogen) atoms. The first kappa shape index (κ1) is 17.7. The Morgan fingerprint density at radius 1 is 0.769 bits per heavy atom. The second-order valence-electron chi connectivity index (χ2n) is 5.86. The number of halogens is 3. The van der Waals surface area contributed by atoms with E-state index in [1.165, 1.54) is 18.2 Å². The summed E-state index contributed by atoms with van der Waals surface area (Å²) in [7, 11) is 0. The van der Waals surface area contributed by atoms with Crippen molar-refractivity contribution in [3.63, 3.8) is 0 Å². The molecule has 0 unspecified atom stereocenters. The van der Waals surface area contributed by atoms with Crippen LogP contribution in [0.5, 0.6) is 0 Å². The highest BCUT2D eigenvalue weighted by Crippen LogP contribution is 2.36. The fourth-order valence-electron chi connectivity index (χ4n) is 2.75. The highest BCUT2D eigenvalue weighted by molar-refractivity contribution is 6.13. The second-order valence-corrected chi connectivity index (χ2v) is 5.86. The predicted octanol–water partition coefficient (Wildman–Crippen LogP) is 5.99. The van der Waals surface area contributed by atoms with Crippen molar-refractivity contribution in [3.8, 4) is 0 Å². The Kier molecular flexibility index (Phi) is 4.80. The van der Waals surface area contributed by atoms with E-state index in [9.17, 15) is 18.0 Å². The summed E-state index contributed by atoms with van der Waals surface area (Å²) in [5.74, 6) is -0.240. The molecule has 0 aliphatic heterocycles. The number of aryl methyl sites for hydroxylation is 1. The van der Waals surface area contributed by atoms with Crippen LogP contribution in [0.15, 0.2) is 72.8 Å². The van der Waals surface area contributed by atoms with E-state index in [0.29, 0.717) is 16.8 Å². The van der Waals surface area contributed by atoms with E-state index in [4.69, 9.17) is 0 Å². The number of rotatable bonds is 4. The Morgan fingerprint density at radius 3 is 1.96 bits per heavy atom. The molecular weight excluding hydrogens is 339 g/mol. The maximum atomic E-state index is 13.2. The first-order valence-corrected chi connectivity index (χ1v) is 8.00. The molecule has 0 heterocycles. The van der Waals surface area contributed by atoms with Crippen molar-refractivity contribution < 1.29 is 18.0 Å². The molecule has 2 nitrogen and oxygen atoms in total. The Hall–Kier alpha value is -3.08. The second kappa shape index (κ2) is 7.04. The van der Waals surface area contributed by atoms with Crippen molar-refractivity contribution in [2.75, 3.05) is 5.32 Å². The van der Waals surface area contributed by atoms with Gasteiger partial charge in [0.05, 0.1) is 11.3 Å². The van der Waals surface area contributed by atoms with Gasteiger partial charge in [0, 0.05) is 16.8 Å². The third-order valence-electron chi connectivity index (χ3n) is 4.06. The normalized spacial score (nSPS) is 11.2. The van der Waals surface area contributed by atoms with Gasteiger partial charge >= 0.3 is 6.18 Å².